The van der Waals surface area contributed by atoms with Gasteiger partial charge in [-0.1, -0.05) is 24.3 Å². The third-order valence-electron chi connectivity index (χ3n) is 4.60. The molecule has 0 spiro atoms. The van der Waals surface area contributed by atoms with Gasteiger partial charge in [0.25, 0.3) is 11.5 Å². The highest BCUT2D eigenvalue weighted by molar-refractivity contribution is 5.91. The number of rotatable bonds is 7. The fraction of sp³-hybridized carbons (Fsp3) is 0.273. The van der Waals surface area contributed by atoms with E-state index in [1.165, 1.54) is 25.3 Å². The van der Waals surface area contributed by atoms with Gasteiger partial charge in [-0.25, -0.2) is 9.18 Å². The van der Waals surface area contributed by atoms with Crippen LogP contribution in [0.25, 0.3) is 5.69 Å². The van der Waals surface area contributed by atoms with Crippen LogP contribution in [0.15, 0.2) is 52.1 Å². The molecule has 1 N–H and O–H groups in total. The van der Waals surface area contributed by atoms with Crippen molar-refractivity contribution in [2.45, 2.75) is 20.4 Å². The predicted molar refractivity (Wildman–Crippen MR) is 113 cm³/mol. The highest BCUT2D eigenvalue weighted by Gasteiger charge is 2.21. The van der Waals surface area contributed by atoms with Crippen LogP contribution in [-0.2, 0) is 11.3 Å². The summed E-state index contributed by atoms with van der Waals surface area (Å²) < 4.78 is 20.9. The van der Waals surface area contributed by atoms with Gasteiger partial charge in [-0.15, -0.1) is 0 Å². The topological polar surface area (TPSA) is 95.2 Å². The number of carbonyl (C=O) groups is 1. The van der Waals surface area contributed by atoms with Gasteiger partial charge in [-0.3, -0.25) is 14.2 Å². The molecule has 0 aliphatic rings. The first kappa shape index (κ1) is 22.1. The predicted octanol–water partition coefficient (Wildman–Crippen LogP) is 1.57. The Morgan fingerprint density at radius 3 is 2.45 bits per heavy atom. The Bertz CT molecular complexity index is 1210. The Morgan fingerprint density at radius 2 is 1.81 bits per heavy atom. The molecule has 0 fully saturated rings. The molecular formula is C22H23FN4O4. The summed E-state index contributed by atoms with van der Waals surface area (Å²) in [7, 11) is 1.48. The highest BCUT2D eigenvalue weighted by atomic mass is 19.1. The van der Waals surface area contributed by atoms with Gasteiger partial charge in [0.15, 0.2) is 0 Å². The van der Waals surface area contributed by atoms with E-state index in [0.29, 0.717) is 5.69 Å². The molecule has 0 saturated heterocycles. The number of benzene rings is 2. The molecule has 8 nitrogen and oxygen atoms in total. The molecular weight excluding hydrogens is 403 g/mol. The first-order chi connectivity index (χ1) is 14.8. The minimum atomic E-state index is -0.899. The zero-order chi connectivity index (χ0) is 22.5. The smallest absolute Gasteiger partial charge is 0.352 e. The SMILES string of the molecule is COCCNC(=O)c1nn(-c2cc(C)cc(C)c2)c(=O)n(Cc2ccccc2F)c1=O. The maximum atomic E-state index is 14.2. The van der Waals surface area contributed by atoms with Crippen LogP contribution in [0, 0.1) is 19.7 Å². The van der Waals surface area contributed by atoms with Crippen molar-refractivity contribution >= 4 is 5.91 Å². The minimum absolute atomic E-state index is 0.144. The highest BCUT2D eigenvalue weighted by Crippen LogP contribution is 2.12. The molecule has 0 saturated carbocycles. The van der Waals surface area contributed by atoms with Crippen molar-refractivity contribution in [2.75, 3.05) is 20.3 Å². The fourth-order valence-corrected chi connectivity index (χ4v) is 3.18. The Morgan fingerprint density at radius 1 is 1.13 bits per heavy atom. The van der Waals surface area contributed by atoms with Gasteiger partial charge in [0.2, 0.25) is 5.69 Å². The van der Waals surface area contributed by atoms with Crippen LogP contribution in [0.4, 0.5) is 4.39 Å². The van der Waals surface area contributed by atoms with Gasteiger partial charge in [-0.05, 0) is 43.2 Å². The molecule has 0 aliphatic heterocycles. The van der Waals surface area contributed by atoms with Crippen LogP contribution in [-0.4, -0.2) is 40.5 Å². The first-order valence-electron chi connectivity index (χ1n) is 9.65. The maximum Gasteiger partial charge on any atom is 0.352 e. The number of amides is 1. The quantitative estimate of drug-likeness (QED) is 0.579. The largest absolute Gasteiger partial charge is 0.383 e. The summed E-state index contributed by atoms with van der Waals surface area (Å²) in [5.41, 5.74) is 0.159. The van der Waals surface area contributed by atoms with Crippen LogP contribution in [0.5, 0.6) is 0 Å². The van der Waals surface area contributed by atoms with Crippen molar-refractivity contribution in [3.05, 3.63) is 91.5 Å². The Kier molecular flexibility index (Phi) is 6.76. The van der Waals surface area contributed by atoms with Crippen LogP contribution in [0.2, 0.25) is 0 Å². The van der Waals surface area contributed by atoms with E-state index >= 15 is 0 Å². The fourth-order valence-electron chi connectivity index (χ4n) is 3.18. The molecule has 0 unspecified atom stereocenters. The lowest BCUT2D eigenvalue weighted by Gasteiger charge is -2.13. The summed E-state index contributed by atoms with van der Waals surface area (Å²) in [6.45, 7) is 3.78. The second-order valence-electron chi connectivity index (χ2n) is 7.12. The normalized spacial score (nSPS) is 10.8. The lowest BCUT2D eigenvalue weighted by Crippen LogP contribution is -2.46. The molecule has 9 heteroatoms. The van der Waals surface area contributed by atoms with E-state index in [4.69, 9.17) is 4.74 Å². The number of carbonyl (C=O) groups excluding carboxylic acids is 1. The van der Waals surface area contributed by atoms with Gasteiger partial charge in [0, 0.05) is 19.2 Å². The second-order valence-corrected chi connectivity index (χ2v) is 7.12. The summed E-state index contributed by atoms with van der Waals surface area (Å²) in [5.74, 6) is -1.31. The van der Waals surface area contributed by atoms with Gasteiger partial charge < -0.3 is 10.1 Å². The maximum absolute atomic E-state index is 14.2. The number of aromatic nitrogens is 3. The van der Waals surface area contributed by atoms with Crippen molar-refractivity contribution in [2.24, 2.45) is 0 Å². The molecule has 162 valence electrons. The Hall–Kier alpha value is -3.59. The van der Waals surface area contributed by atoms with Gasteiger partial charge in [0.05, 0.1) is 18.8 Å². The van der Waals surface area contributed by atoms with Crippen molar-refractivity contribution in [3.63, 3.8) is 0 Å². The molecule has 1 amide bonds. The molecule has 3 rings (SSSR count). The number of methoxy groups -OCH3 is 1. The molecule has 0 radical (unpaired) electrons. The lowest BCUT2D eigenvalue weighted by atomic mass is 10.1. The second kappa shape index (κ2) is 9.48. The van der Waals surface area contributed by atoms with Crippen LogP contribution < -0.4 is 16.6 Å². The first-order valence-corrected chi connectivity index (χ1v) is 9.65. The van der Waals surface area contributed by atoms with E-state index in [9.17, 15) is 18.8 Å². The number of ether oxygens (including phenoxy) is 1. The number of aryl methyl sites for hydroxylation is 2. The molecule has 0 bridgehead atoms. The molecule has 0 aliphatic carbocycles. The van der Waals surface area contributed by atoms with Crippen molar-refractivity contribution in [1.82, 2.24) is 19.7 Å². The molecule has 31 heavy (non-hydrogen) atoms. The van der Waals surface area contributed by atoms with Crippen molar-refractivity contribution in [1.29, 1.82) is 0 Å². The summed E-state index contributed by atoms with van der Waals surface area (Å²) >= 11 is 0. The summed E-state index contributed by atoms with van der Waals surface area (Å²) in [6, 6.07) is 11.2. The number of hydrogen-bond donors (Lipinski definition) is 1. The van der Waals surface area contributed by atoms with Crippen molar-refractivity contribution in [3.8, 4) is 5.69 Å². The number of hydrogen-bond acceptors (Lipinski definition) is 5. The van der Waals surface area contributed by atoms with Crippen LogP contribution >= 0.6 is 0 Å². The number of nitrogens with zero attached hydrogens (tertiary/aromatic N) is 3. The van der Waals surface area contributed by atoms with Gasteiger partial charge in [0.1, 0.15) is 5.82 Å². The average Bonchev–Trinajstić information content (AvgIpc) is 2.72. The standard InChI is InChI=1S/C22H23FN4O4/c1-14-10-15(2)12-17(11-14)27-22(30)26(13-16-6-4-5-7-18(16)23)21(29)19(25-27)20(28)24-8-9-31-3/h4-7,10-12H,8-9,13H2,1-3H3,(H,24,28). The monoisotopic (exact) mass is 426 g/mol. The van der Waals surface area contributed by atoms with E-state index in [-0.39, 0.29) is 25.3 Å². The van der Waals surface area contributed by atoms with E-state index in [1.54, 1.807) is 18.2 Å². The molecule has 2 aromatic carbocycles. The van der Waals surface area contributed by atoms with Crippen LogP contribution in [0.3, 0.4) is 0 Å². The summed E-state index contributed by atoms with van der Waals surface area (Å²) in [5, 5.41) is 6.59. The number of nitrogens with one attached hydrogen (secondary N) is 1. The molecule has 0 atom stereocenters. The lowest BCUT2D eigenvalue weighted by molar-refractivity contribution is 0.0927. The Labute approximate surface area is 177 Å². The van der Waals surface area contributed by atoms with E-state index in [2.05, 4.69) is 10.4 Å². The van der Waals surface area contributed by atoms with E-state index in [1.807, 2.05) is 19.9 Å². The van der Waals surface area contributed by atoms with Gasteiger partial charge in [-0.2, -0.15) is 9.78 Å². The number of halogens is 1. The summed E-state index contributed by atoms with van der Waals surface area (Å²) in [4.78, 5) is 38.7. The Balaban J connectivity index is 2.20. The van der Waals surface area contributed by atoms with Crippen molar-refractivity contribution < 1.29 is 13.9 Å². The molecule has 1 aromatic heterocycles. The zero-order valence-corrected chi connectivity index (χ0v) is 17.5. The van der Waals surface area contributed by atoms with E-state index < -0.39 is 28.7 Å². The van der Waals surface area contributed by atoms with E-state index in [0.717, 1.165) is 20.4 Å². The third-order valence-corrected chi connectivity index (χ3v) is 4.60. The van der Waals surface area contributed by atoms with Gasteiger partial charge >= 0.3 is 5.69 Å². The third kappa shape index (κ3) is 4.95. The molecule has 1 heterocycles. The zero-order valence-electron chi connectivity index (χ0n) is 17.5. The minimum Gasteiger partial charge on any atom is -0.383 e. The summed E-state index contributed by atoms with van der Waals surface area (Å²) in [6.07, 6.45) is 0. The van der Waals surface area contributed by atoms with Crippen LogP contribution in [0.1, 0.15) is 27.2 Å². The molecule has 3 aromatic rings. The average molecular weight is 426 g/mol.